The predicted molar refractivity (Wildman–Crippen MR) is 115 cm³/mol. The van der Waals surface area contributed by atoms with Crippen LogP contribution in [0.5, 0.6) is 0 Å². The summed E-state index contributed by atoms with van der Waals surface area (Å²) in [7, 11) is 0. The summed E-state index contributed by atoms with van der Waals surface area (Å²) in [5.41, 5.74) is 2.95. The summed E-state index contributed by atoms with van der Waals surface area (Å²) in [5.74, 6) is -0.338. The van der Waals surface area contributed by atoms with E-state index in [0.717, 1.165) is 26.6 Å². The molecule has 0 bridgehead atoms. The van der Waals surface area contributed by atoms with Crippen molar-refractivity contribution in [2.45, 2.75) is 13.8 Å². The van der Waals surface area contributed by atoms with Gasteiger partial charge in [-0.05, 0) is 38.1 Å². The predicted octanol–water partition coefficient (Wildman–Crippen LogP) is 4.26. The number of nitrogens with zero attached hydrogens (tertiary/aromatic N) is 2. The SMILES string of the molecule is CCNC(=O)CN(CC)C(=O)c1cc(-c2ccc(Br)cc2)nc2ccccc12. The molecule has 0 fully saturated rings. The van der Waals surface area contributed by atoms with Crippen LogP contribution < -0.4 is 5.32 Å². The van der Waals surface area contributed by atoms with E-state index in [1.54, 1.807) is 4.90 Å². The number of amides is 2. The molecule has 0 aliphatic carbocycles. The first-order valence-corrected chi connectivity index (χ1v) is 10.0. The van der Waals surface area contributed by atoms with Gasteiger partial charge in [-0.15, -0.1) is 0 Å². The summed E-state index contributed by atoms with van der Waals surface area (Å²) in [6.45, 7) is 4.75. The molecule has 1 heterocycles. The van der Waals surface area contributed by atoms with Gasteiger partial charge in [-0.2, -0.15) is 0 Å². The van der Waals surface area contributed by atoms with E-state index in [9.17, 15) is 9.59 Å². The molecule has 0 unspecified atom stereocenters. The molecule has 2 aromatic carbocycles. The third kappa shape index (κ3) is 4.39. The number of halogens is 1. The second-order valence-electron chi connectivity index (χ2n) is 6.35. The Morgan fingerprint density at radius 2 is 1.79 bits per heavy atom. The average Bonchev–Trinajstić information content (AvgIpc) is 2.71. The highest BCUT2D eigenvalue weighted by atomic mass is 79.9. The Bertz CT molecular complexity index is 1000. The molecule has 6 heteroatoms. The van der Waals surface area contributed by atoms with Crippen LogP contribution in [0, 0.1) is 0 Å². The first-order chi connectivity index (χ1) is 13.5. The van der Waals surface area contributed by atoms with Crippen molar-refractivity contribution in [3.8, 4) is 11.3 Å². The summed E-state index contributed by atoms with van der Waals surface area (Å²) in [4.78, 5) is 31.6. The highest BCUT2D eigenvalue weighted by Gasteiger charge is 2.20. The fourth-order valence-electron chi connectivity index (χ4n) is 3.04. The lowest BCUT2D eigenvalue weighted by Gasteiger charge is -2.21. The van der Waals surface area contributed by atoms with Gasteiger partial charge in [-0.1, -0.05) is 46.3 Å². The number of hydrogen-bond donors (Lipinski definition) is 1. The molecule has 0 aliphatic rings. The zero-order chi connectivity index (χ0) is 20.1. The minimum Gasteiger partial charge on any atom is -0.355 e. The van der Waals surface area contributed by atoms with Crippen molar-refractivity contribution >= 4 is 38.6 Å². The van der Waals surface area contributed by atoms with Gasteiger partial charge in [0.25, 0.3) is 5.91 Å². The van der Waals surface area contributed by atoms with Crippen LogP contribution >= 0.6 is 15.9 Å². The molecule has 144 valence electrons. The summed E-state index contributed by atoms with van der Waals surface area (Å²) < 4.78 is 0.979. The number of rotatable bonds is 6. The third-order valence-corrected chi connectivity index (χ3v) is 4.99. The fraction of sp³-hybridized carbons (Fsp3) is 0.227. The normalized spacial score (nSPS) is 10.7. The molecule has 0 atom stereocenters. The van der Waals surface area contributed by atoms with Gasteiger partial charge < -0.3 is 10.2 Å². The quantitative estimate of drug-likeness (QED) is 0.623. The Kier molecular flexibility index (Phi) is 6.41. The molecular formula is C22H22BrN3O2. The summed E-state index contributed by atoms with van der Waals surface area (Å²) in [5, 5.41) is 3.53. The van der Waals surface area contributed by atoms with Crippen molar-refractivity contribution in [1.29, 1.82) is 0 Å². The Labute approximate surface area is 172 Å². The van der Waals surface area contributed by atoms with E-state index in [0.29, 0.717) is 18.7 Å². The standard InChI is InChI=1S/C22H22BrN3O2/c1-3-24-21(27)14-26(4-2)22(28)18-13-20(15-9-11-16(23)12-10-15)25-19-8-6-5-7-17(18)19/h5-13H,3-4,14H2,1-2H3,(H,24,27). The van der Waals surface area contributed by atoms with Gasteiger partial charge in [0.2, 0.25) is 5.91 Å². The molecule has 2 amide bonds. The van der Waals surface area contributed by atoms with E-state index in [2.05, 4.69) is 21.2 Å². The third-order valence-electron chi connectivity index (χ3n) is 4.46. The van der Waals surface area contributed by atoms with Crippen molar-refractivity contribution in [2.24, 2.45) is 0 Å². The van der Waals surface area contributed by atoms with Gasteiger partial charge in [0.1, 0.15) is 0 Å². The van der Waals surface area contributed by atoms with Gasteiger partial charge in [0.15, 0.2) is 0 Å². The Morgan fingerprint density at radius 1 is 1.07 bits per heavy atom. The van der Waals surface area contributed by atoms with E-state index in [1.165, 1.54) is 0 Å². The largest absolute Gasteiger partial charge is 0.355 e. The average molecular weight is 440 g/mol. The number of benzene rings is 2. The number of aromatic nitrogens is 1. The Balaban J connectivity index is 2.06. The van der Waals surface area contributed by atoms with Crippen LogP contribution in [-0.4, -0.2) is 41.3 Å². The second kappa shape index (κ2) is 8.97. The minimum absolute atomic E-state index is 0.0352. The number of para-hydroxylation sites is 1. The fourth-order valence-corrected chi connectivity index (χ4v) is 3.31. The van der Waals surface area contributed by atoms with E-state index in [1.807, 2.05) is 68.4 Å². The number of carbonyl (C=O) groups is 2. The molecule has 3 rings (SSSR count). The molecule has 0 aliphatic heterocycles. The maximum atomic E-state index is 13.3. The van der Waals surface area contributed by atoms with Crippen LogP contribution in [0.2, 0.25) is 0 Å². The van der Waals surface area contributed by atoms with Crippen molar-refractivity contribution < 1.29 is 9.59 Å². The molecule has 5 nitrogen and oxygen atoms in total. The number of carbonyl (C=O) groups excluding carboxylic acids is 2. The minimum atomic E-state index is -0.175. The lowest BCUT2D eigenvalue weighted by Crippen LogP contribution is -2.40. The molecule has 28 heavy (non-hydrogen) atoms. The molecule has 3 aromatic rings. The van der Waals surface area contributed by atoms with Gasteiger partial charge in [0.05, 0.1) is 23.3 Å². The van der Waals surface area contributed by atoms with E-state index in [-0.39, 0.29) is 18.4 Å². The Hall–Kier alpha value is -2.73. The highest BCUT2D eigenvalue weighted by molar-refractivity contribution is 9.10. The lowest BCUT2D eigenvalue weighted by atomic mass is 10.0. The summed E-state index contributed by atoms with van der Waals surface area (Å²) in [6, 6.07) is 17.2. The monoisotopic (exact) mass is 439 g/mol. The van der Waals surface area contributed by atoms with Gasteiger partial charge in [0, 0.05) is 28.5 Å². The molecular weight excluding hydrogens is 418 g/mol. The van der Waals surface area contributed by atoms with Gasteiger partial charge in [-0.3, -0.25) is 9.59 Å². The van der Waals surface area contributed by atoms with Crippen LogP contribution in [0.4, 0.5) is 0 Å². The summed E-state index contributed by atoms with van der Waals surface area (Å²) in [6.07, 6.45) is 0. The topological polar surface area (TPSA) is 62.3 Å². The van der Waals surface area contributed by atoms with Crippen LogP contribution in [0.3, 0.4) is 0 Å². The molecule has 0 spiro atoms. The molecule has 0 saturated heterocycles. The zero-order valence-electron chi connectivity index (χ0n) is 15.9. The number of pyridine rings is 1. The number of likely N-dealkylation sites (N-methyl/N-ethyl adjacent to an activating group) is 2. The molecule has 0 radical (unpaired) electrons. The number of nitrogens with one attached hydrogen (secondary N) is 1. The van der Waals surface area contributed by atoms with Crippen molar-refractivity contribution in [3.05, 3.63) is 64.6 Å². The number of hydrogen-bond acceptors (Lipinski definition) is 3. The second-order valence-corrected chi connectivity index (χ2v) is 7.27. The van der Waals surface area contributed by atoms with Crippen LogP contribution in [0.25, 0.3) is 22.2 Å². The smallest absolute Gasteiger partial charge is 0.255 e. The van der Waals surface area contributed by atoms with Crippen molar-refractivity contribution in [2.75, 3.05) is 19.6 Å². The van der Waals surface area contributed by atoms with Crippen molar-refractivity contribution in [3.63, 3.8) is 0 Å². The molecule has 1 aromatic heterocycles. The Morgan fingerprint density at radius 3 is 2.46 bits per heavy atom. The summed E-state index contributed by atoms with van der Waals surface area (Å²) >= 11 is 3.44. The van der Waals surface area contributed by atoms with Crippen LogP contribution in [0.15, 0.2) is 59.1 Å². The number of fused-ring (bicyclic) bond motifs is 1. The first kappa shape index (κ1) is 20.0. The maximum absolute atomic E-state index is 13.3. The highest BCUT2D eigenvalue weighted by Crippen LogP contribution is 2.26. The first-order valence-electron chi connectivity index (χ1n) is 9.25. The van der Waals surface area contributed by atoms with Crippen LogP contribution in [-0.2, 0) is 4.79 Å². The van der Waals surface area contributed by atoms with Gasteiger partial charge in [-0.25, -0.2) is 4.98 Å². The van der Waals surface area contributed by atoms with E-state index in [4.69, 9.17) is 4.98 Å². The maximum Gasteiger partial charge on any atom is 0.255 e. The molecule has 1 N–H and O–H groups in total. The van der Waals surface area contributed by atoms with E-state index < -0.39 is 0 Å². The lowest BCUT2D eigenvalue weighted by molar-refractivity contribution is -0.121. The zero-order valence-corrected chi connectivity index (χ0v) is 17.5. The molecule has 0 saturated carbocycles. The van der Waals surface area contributed by atoms with Crippen LogP contribution in [0.1, 0.15) is 24.2 Å². The van der Waals surface area contributed by atoms with E-state index >= 15 is 0 Å². The van der Waals surface area contributed by atoms with Crippen molar-refractivity contribution in [1.82, 2.24) is 15.2 Å². The van der Waals surface area contributed by atoms with Gasteiger partial charge >= 0.3 is 0 Å².